The van der Waals surface area contributed by atoms with Gasteiger partial charge in [0.15, 0.2) is 6.10 Å². The Morgan fingerprint density at radius 3 is 2.75 bits per heavy atom. The van der Waals surface area contributed by atoms with Gasteiger partial charge >= 0.3 is 0 Å². The second-order valence-electron chi connectivity index (χ2n) is 5.50. The van der Waals surface area contributed by atoms with E-state index >= 15 is 0 Å². The third-order valence-electron chi connectivity index (χ3n) is 3.71. The maximum Gasteiger partial charge on any atom is 0.263 e. The fourth-order valence-electron chi connectivity index (χ4n) is 2.58. The fourth-order valence-corrected chi connectivity index (χ4v) is 2.58. The number of halogens is 1. The van der Waals surface area contributed by atoms with Gasteiger partial charge in [0.1, 0.15) is 11.6 Å². The normalized spacial score (nSPS) is 20.6. The maximum absolute atomic E-state index is 12.9. The van der Waals surface area contributed by atoms with E-state index in [1.165, 1.54) is 18.6 Å². The number of benzene rings is 1. The quantitative estimate of drug-likeness (QED) is 0.846. The molecule has 0 radical (unpaired) electrons. The van der Waals surface area contributed by atoms with Crippen molar-refractivity contribution >= 4 is 5.91 Å². The largest absolute Gasteiger partial charge is 0.481 e. The van der Waals surface area contributed by atoms with E-state index in [1.54, 1.807) is 12.1 Å². The van der Waals surface area contributed by atoms with Gasteiger partial charge < -0.3 is 9.64 Å². The summed E-state index contributed by atoms with van der Waals surface area (Å²) in [5.74, 6) is 0.831. The van der Waals surface area contributed by atoms with Crippen LogP contribution in [0.25, 0.3) is 0 Å². The highest BCUT2D eigenvalue weighted by Gasteiger charge is 2.27. The van der Waals surface area contributed by atoms with Gasteiger partial charge in [0.2, 0.25) is 0 Å². The Bertz CT molecular complexity index is 446. The highest BCUT2D eigenvalue weighted by atomic mass is 19.1. The van der Waals surface area contributed by atoms with E-state index in [0.29, 0.717) is 18.1 Å². The molecule has 1 aromatic rings. The summed E-state index contributed by atoms with van der Waals surface area (Å²) >= 11 is 0. The summed E-state index contributed by atoms with van der Waals surface area (Å²) in [5.41, 5.74) is 0. The topological polar surface area (TPSA) is 29.5 Å². The number of nitrogens with zero attached hydrogens (tertiary/aromatic N) is 1. The van der Waals surface area contributed by atoms with Crippen molar-refractivity contribution in [1.82, 2.24) is 4.90 Å². The van der Waals surface area contributed by atoms with Crippen LogP contribution in [0.5, 0.6) is 5.75 Å². The lowest BCUT2D eigenvalue weighted by atomic mass is 9.99. The summed E-state index contributed by atoms with van der Waals surface area (Å²) in [6, 6.07) is 5.80. The molecule has 2 rings (SSSR count). The number of amides is 1. The Morgan fingerprint density at radius 2 is 2.15 bits per heavy atom. The summed E-state index contributed by atoms with van der Waals surface area (Å²) in [7, 11) is 0. The molecule has 4 heteroatoms. The minimum Gasteiger partial charge on any atom is -0.481 e. The van der Waals surface area contributed by atoms with E-state index in [4.69, 9.17) is 4.74 Å². The molecule has 0 aliphatic carbocycles. The number of ether oxygens (including phenoxy) is 1. The van der Waals surface area contributed by atoms with Crippen LogP contribution in [0.1, 0.15) is 33.1 Å². The zero-order chi connectivity index (χ0) is 14.5. The minimum absolute atomic E-state index is 0.0448. The summed E-state index contributed by atoms with van der Waals surface area (Å²) in [5, 5.41) is 0. The zero-order valence-corrected chi connectivity index (χ0v) is 12.1. The molecule has 3 nitrogen and oxygen atoms in total. The second kappa shape index (κ2) is 6.73. The molecule has 1 fully saturated rings. The first-order valence-corrected chi connectivity index (χ1v) is 7.31. The molecular weight excluding hydrogens is 257 g/mol. The molecule has 1 amide bonds. The maximum atomic E-state index is 12.9. The van der Waals surface area contributed by atoms with E-state index in [9.17, 15) is 9.18 Å². The molecule has 0 unspecified atom stereocenters. The van der Waals surface area contributed by atoms with Crippen LogP contribution in [-0.4, -0.2) is 30.0 Å². The Morgan fingerprint density at radius 1 is 1.45 bits per heavy atom. The number of rotatable bonds is 4. The fraction of sp³-hybridized carbons (Fsp3) is 0.562. The average molecular weight is 279 g/mol. The van der Waals surface area contributed by atoms with Gasteiger partial charge in [-0.05, 0) is 49.4 Å². The van der Waals surface area contributed by atoms with Gasteiger partial charge in [0.05, 0.1) is 0 Å². The van der Waals surface area contributed by atoms with E-state index < -0.39 is 6.10 Å². The lowest BCUT2D eigenvalue weighted by Crippen LogP contribution is -2.46. The molecule has 0 bridgehead atoms. The van der Waals surface area contributed by atoms with E-state index in [1.807, 2.05) is 11.8 Å². The monoisotopic (exact) mass is 279 g/mol. The summed E-state index contributed by atoms with van der Waals surface area (Å²) in [4.78, 5) is 14.4. The molecule has 0 aromatic heterocycles. The van der Waals surface area contributed by atoms with Crippen LogP contribution in [-0.2, 0) is 4.79 Å². The van der Waals surface area contributed by atoms with Crippen molar-refractivity contribution in [2.45, 2.75) is 39.2 Å². The lowest BCUT2D eigenvalue weighted by molar-refractivity contribution is -0.140. The predicted molar refractivity (Wildman–Crippen MR) is 76.1 cm³/mol. The van der Waals surface area contributed by atoms with Gasteiger partial charge in [-0.15, -0.1) is 0 Å². The van der Waals surface area contributed by atoms with Gasteiger partial charge in [-0.25, -0.2) is 4.39 Å². The second-order valence-corrected chi connectivity index (χ2v) is 5.50. The first-order chi connectivity index (χ1) is 9.60. The van der Waals surface area contributed by atoms with Gasteiger partial charge in [-0.2, -0.15) is 0 Å². The average Bonchev–Trinajstić information content (AvgIpc) is 2.46. The van der Waals surface area contributed by atoms with Crippen molar-refractivity contribution in [3.05, 3.63) is 30.1 Å². The number of carbonyl (C=O) groups excluding carboxylic acids is 1. The number of hydrogen-bond acceptors (Lipinski definition) is 2. The Balaban J connectivity index is 2.00. The van der Waals surface area contributed by atoms with Crippen LogP contribution >= 0.6 is 0 Å². The molecular formula is C16H22FNO2. The molecule has 0 N–H and O–H groups in total. The lowest BCUT2D eigenvalue weighted by Gasteiger charge is -2.33. The smallest absolute Gasteiger partial charge is 0.263 e. The van der Waals surface area contributed by atoms with Crippen LogP contribution in [0.3, 0.4) is 0 Å². The van der Waals surface area contributed by atoms with Crippen LogP contribution in [0.15, 0.2) is 24.3 Å². The van der Waals surface area contributed by atoms with Gasteiger partial charge in [0.25, 0.3) is 5.91 Å². The third kappa shape index (κ3) is 3.71. The van der Waals surface area contributed by atoms with Gasteiger partial charge in [0, 0.05) is 13.1 Å². The molecule has 1 saturated heterocycles. The highest BCUT2D eigenvalue weighted by Crippen LogP contribution is 2.19. The summed E-state index contributed by atoms with van der Waals surface area (Å²) < 4.78 is 18.6. The number of hydrogen-bond donors (Lipinski definition) is 0. The van der Waals surface area contributed by atoms with Crippen molar-refractivity contribution < 1.29 is 13.9 Å². The van der Waals surface area contributed by atoms with Crippen molar-refractivity contribution in [2.24, 2.45) is 5.92 Å². The Hall–Kier alpha value is -1.58. The van der Waals surface area contributed by atoms with Crippen molar-refractivity contribution in [2.75, 3.05) is 13.1 Å². The van der Waals surface area contributed by atoms with Crippen LogP contribution in [0.4, 0.5) is 4.39 Å². The van der Waals surface area contributed by atoms with Crippen molar-refractivity contribution in [3.8, 4) is 5.75 Å². The minimum atomic E-state index is -0.481. The van der Waals surface area contributed by atoms with E-state index in [2.05, 4.69) is 6.92 Å². The third-order valence-corrected chi connectivity index (χ3v) is 3.71. The number of piperidine rings is 1. The standard InChI is InChI=1S/C16H22FNO2/c1-3-15(20-14-8-6-13(17)7-9-14)16(19)18-10-4-5-12(2)11-18/h6-9,12,15H,3-5,10-11H2,1-2H3/t12-,15-/m1/s1. The first kappa shape index (κ1) is 14.8. The van der Waals surface area contributed by atoms with E-state index in [0.717, 1.165) is 19.5 Å². The van der Waals surface area contributed by atoms with Gasteiger partial charge in [-0.3, -0.25) is 4.79 Å². The highest BCUT2D eigenvalue weighted by molar-refractivity contribution is 5.81. The SMILES string of the molecule is CC[C@@H](Oc1ccc(F)cc1)C(=O)N1CCC[C@@H](C)C1. The molecule has 1 aromatic carbocycles. The van der Waals surface area contributed by atoms with E-state index in [-0.39, 0.29) is 11.7 Å². The molecule has 0 spiro atoms. The van der Waals surface area contributed by atoms with Crippen LogP contribution < -0.4 is 4.74 Å². The molecule has 1 aliphatic heterocycles. The Kier molecular flexibility index (Phi) is 4.99. The number of likely N-dealkylation sites (tertiary alicyclic amines) is 1. The molecule has 1 aliphatic rings. The molecule has 110 valence electrons. The molecule has 1 heterocycles. The van der Waals surface area contributed by atoms with Gasteiger partial charge in [-0.1, -0.05) is 13.8 Å². The molecule has 2 atom stereocenters. The first-order valence-electron chi connectivity index (χ1n) is 7.31. The van der Waals surface area contributed by atoms with Crippen LogP contribution in [0, 0.1) is 11.7 Å². The predicted octanol–water partition coefficient (Wildman–Crippen LogP) is 3.24. The van der Waals surface area contributed by atoms with Crippen molar-refractivity contribution in [3.63, 3.8) is 0 Å². The van der Waals surface area contributed by atoms with Crippen molar-refractivity contribution in [1.29, 1.82) is 0 Å². The summed E-state index contributed by atoms with van der Waals surface area (Å²) in [6.45, 7) is 5.72. The van der Waals surface area contributed by atoms with Crippen LogP contribution in [0.2, 0.25) is 0 Å². The molecule has 0 saturated carbocycles. The zero-order valence-electron chi connectivity index (χ0n) is 12.1. The number of carbonyl (C=O) groups is 1. The summed E-state index contributed by atoms with van der Waals surface area (Å²) in [6.07, 6.45) is 2.37. The Labute approximate surface area is 119 Å². The molecule has 20 heavy (non-hydrogen) atoms.